The van der Waals surface area contributed by atoms with Crippen LogP contribution in [0.15, 0.2) is 0 Å². The van der Waals surface area contributed by atoms with Crippen molar-refractivity contribution in [1.29, 1.82) is 0 Å². The van der Waals surface area contributed by atoms with E-state index < -0.39 is 0 Å². The molecule has 0 bridgehead atoms. The SMILES string of the molecule is CCCCCCCCP(CCCCCCCC)CCCCCCCC.CCCCCCCCP(CCCCCCCC)CCCCCCCC.CCCCCCCCP(CCCCCCCC)CCCCCCCC.CCCCCCCCP(CCCCCCCC)CCCCCCCC.[RuH2]. The molecule has 0 aliphatic heterocycles. The van der Waals surface area contributed by atoms with Crippen molar-refractivity contribution in [3.8, 4) is 0 Å². The van der Waals surface area contributed by atoms with E-state index in [0.29, 0.717) is 31.7 Å². The predicted octanol–water partition coefficient (Wildman–Crippen LogP) is 37.7. The van der Waals surface area contributed by atoms with Crippen LogP contribution in [-0.2, 0) is 19.5 Å². The van der Waals surface area contributed by atoms with Crippen LogP contribution in [0.25, 0.3) is 0 Å². The summed E-state index contributed by atoms with van der Waals surface area (Å²) >= 11 is 0. The molecule has 0 saturated heterocycles. The second-order valence-corrected chi connectivity index (χ2v) is 43.3. The van der Waals surface area contributed by atoms with E-state index in [0.717, 1.165) is 0 Å². The second-order valence-electron chi connectivity index (χ2n) is 32.6. The summed E-state index contributed by atoms with van der Waals surface area (Å²) in [5.41, 5.74) is 0. The first kappa shape index (κ1) is 112. The van der Waals surface area contributed by atoms with Crippen LogP contribution in [0.4, 0.5) is 0 Å². The van der Waals surface area contributed by atoms with Crippen LogP contribution in [0.2, 0.25) is 0 Å². The Labute approximate surface area is 665 Å². The van der Waals surface area contributed by atoms with Crippen LogP contribution in [0.3, 0.4) is 0 Å². The Hall–Kier alpha value is 2.34. The van der Waals surface area contributed by atoms with Crippen LogP contribution in [0.1, 0.15) is 545 Å². The van der Waals surface area contributed by atoms with Crippen LogP contribution in [0.5, 0.6) is 0 Å². The van der Waals surface area contributed by atoms with Gasteiger partial charge in [-0.1, -0.05) is 468 Å². The van der Waals surface area contributed by atoms with Crippen molar-refractivity contribution in [3.05, 3.63) is 0 Å². The Morgan fingerprint density at radius 1 is 0.0891 bits per heavy atom. The predicted molar refractivity (Wildman–Crippen MR) is 489 cm³/mol. The molecule has 0 nitrogen and oxygen atoms in total. The van der Waals surface area contributed by atoms with Gasteiger partial charge in [0.05, 0.1) is 0 Å². The van der Waals surface area contributed by atoms with Crippen LogP contribution in [0, 0.1) is 0 Å². The van der Waals surface area contributed by atoms with Crippen LogP contribution in [-0.4, -0.2) is 73.9 Å². The van der Waals surface area contributed by atoms with Gasteiger partial charge in [0.1, 0.15) is 0 Å². The van der Waals surface area contributed by atoms with Crippen LogP contribution < -0.4 is 0 Å². The van der Waals surface area contributed by atoms with E-state index in [9.17, 15) is 0 Å². The topological polar surface area (TPSA) is 0 Å². The van der Waals surface area contributed by atoms with Gasteiger partial charge in [0.25, 0.3) is 0 Å². The molecule has 5 heteroatoms. The van der Waals surface area contributed by atoms with Crippen LogP contribution >= 0.6 is 31.7 Å². The van der Waals surface area contributed by atoms with Gasteiger partial charge in [-0.25, -0.2) is 0 Å². The van der Waals surface area contributed by atoms with Gasteiger partial charge in [0.15, 0.2) is 0 Å². The van der Waals surface area contributed by atoms with Crippen molar-refractivity contribution in [2.75, 3.05) is 73.9 Å². The molecule has 0 N–H and O–H groups in total. The Morgan fingerprint density at radius 2 is 0.149 bits per heavy atom. The fourth-order valence-corrected chi connectivity index (χ4v) is 25.5. The molecule has 0 aromatic heterocycles. The van der Waals surface area contributed by atoms with Crippen molar-refractivity contribution in [2.45, 2.75) is 545 Å². The molecule has 101 heavy (non-hydrogen) atoms. The molecular weight excluding hydrogens is 1380 g/mol. The molecule has 0 amide bonds. The zero-order chi connectivity index (χ0) is 73.7. The van der Waals surface area contributed by atoms with Gasteiger partial charge in [-0.15, -0.1) is 31.7 Å². The zero-order valence-corrected chi connectivity index (χ0v) is 79.2. The first-order chi connectivity index (χ1) is 49.4. The van der Waals surface area contributed by atoms with E-state index in [1.54, 1.807) is 73.9 Å². The van der Waals surface area contributed by atoms with Crippen molar-refractivity contribution in [1.82, 2.24) is 0 Å². The number of unbranched alkanes of at least 4 members (excludes halogenated alkanes) is 60. The minimum absolute atomic E-state index is 0. The molecule has 0 aliphatic rings. The summed E-state index contributed by atoms with van der Waals surface area (Å²) in [4.78, 5) is 0. The van der Waals surface area contributed by atoms with Gasteiger partial charge in [-0.2, -0.15) is 0 Å². The van der Waals surface area contributed by atoms with E-state index in [1.807, 2.05) is 0 Å². The maximum absolute atomic E-state index is 2.32. The summed E-state index contributed by atoms with van der Waals surface area (Å²) in [5.74, 6) is 0. The average molecular weight is 1590 g/mol. The summed E-state index contributed by atoms with van der Waals surface area (Å²) in [6.45, 7) is 27.8. The zero-order valence-electron chi connectivity index (χ0n) is 73.6. The molecule has 618 valence electrons. The fraction of sp³-hybridized carbons (Fsp3) is 1.00. The van der Waals surface area contributed by atoms with Gasteiger partial charge in [-0.05, 0) is 151 Å². The molecule has 0 radical (unpaired) electrons. The molecular formula is C96H206P4Ru. The Morgan fingerprint density at radius 3 is 0.218 bits per heavy atom. The fourth-order valence-electron chi connectivity index (χ4n) is 14.7. The third kappa shape index (κ3) is 107. The molecule has 0 spiro atoms. The summed E-state index contributed by atoms with van der Waals surface area (Å²) in [7, 11) is 1.46. The summed E-state index contributed by atoms with van der Waals surface area (Å²) in [6, 6.07) is 0. The Balaban J connectivity index is -0.000000404. The third-order valence-electron chi connectivity index (χ3n) is 21.9. The molecule has 0 rings (SSSR count). The summed E-state index contributed by atoms with van der Waals surface area (Å²) in [5, 5.41) is 0. The van der Waals surface area contributed by atoms with Gasteiger partial charge < -0.3 is 0 Å². The summed E-state index contributed by atoms with van der Waals surface area (Å²) in [6.07, 6.45) is 125. The second kappa shape index (κ2) is 109. The average Bonchev–Trinajstić information content (AvgIpc) is 2.95. The molecule has 0 aliphatic carbocycles. The van der Waals surface area contributed by atoms with Crippen molar-refractivity contribution in [2.24, 2.45) is 0 Å². The molecule has 0 atom stereocenters. The molecule has 0 heterocycles. The van der Waals surface area contributed by atoms with Crippen molar-refractivity contribution in [3.63, 3.8) is 0 Å². The molecule has 0 aromatic carbocycles. The monoisotopic (exact) mass is 1590 g/mol. The van der Waals surface area contributed by atoms with Gasteiger partial charge in [0.2, 0.25) is 0 Å². The molecule has 0 aromatic rings. The van der Waals surface area contributed by atoms with E-state index in [-0.39, 0.29) is 19.5 Å². The first-order valence-corrected chi connectivity index (χ1v) is 55.9. The number of hydrogen-bond donors (Lipinski definition) is 0. The van der Waals surface area contributed by atoms with E-state index in [1.165, 1.54) is 462 Å². The molecule has 0 saturated carbocycles. The van der Waals surface area contributed by atoms with Crippen molar-refractivity contribution >= 4 is 31.7 Å². The first-order valence-electron chi connectivity index (χ1n) is 48.3. The number of hydrogen-bond acceptors (Lipinski definition) is 0. The molecule has 0 fully saturated rings. The number of rotatable bonds is 84. The Bertz CT molecular complexity index is 952. The van der Waals surface area contributed by atoms with E-state index in [4.69, 9.17) is 0 Å². The van der Waals surface area contributed by atoms with E-state index >= 15 is 0 Å². The third-order valence-corrected chi connectivity index (χ3v) is 33.3. The normalized spacial score (nSPS) is 11.4. The van der Waals surface area contributed by atoms with Gasteiger partial charge >= 0.3 is 19.5 Å². The summed E-state index contributed by atoms with van der Waals surface area (Å²) < 4.78 is 0. The Kier molecular flexibility index (Phi) is 120. The minimum atomic E-state index is 0. The maximum atomic E-state index is 2.32. The van der Waals surface area contributed by atoms with E-state index in [2.05, 4.69) is 83.1 Å². The van der Waals surface area contributed by atoms with Gasteiger partial charge in [-0.3, -0.25) is 0 Å². The van der Waals surface area contributed by atoms with Gasteiger partial charge in [0, 0.05) is 0 Å². The quantitative estimate of drug-likeness (QED) is 0.0323. The standard InChI is InChI=1S/4C24H51P.Ru.2H/c4*1-4-7-10-13-16-19-22-25(23-20-17-14-11-8-5-2)24-21-18-15-12-9-6-3;;;/h4*4-24H2,1-3H3;;;. The molecule has 0 unspecified atom stereocenters. The van der Waals surface area contributed by atoms with Crippen molar-refractivity contribution < 1.29 is 19.5 Å².